The minimum atomic E-state index is -4.66. The van der Waals surface area contributed by atoms with Gasteiger partial charge in [0.1, 0.15) is 11.7 Å². The predicted molar refractivity (Wildman–Crippen MR) is 82.5 cm³/mol. The van der Waals surface area contributed by atoms with Gasteiger partial charge in [0.25, 0.3) is 0 Å². The average Bonchev–Trinajstić information content (AvgIpc) is 3.03. The molecule has 1 aliphatic carbocycles. The van der Waals surface area contributed by atoms with Crippen LogP contribution in [0, 0.1) is 0 Å². The topological polar surface area (TPSA) is 71.2 Å². The third-order valence-electron chi connectivity index (χ3n) is 4.54. The summed E-state index contributed by atoms with van der Waals surface area (Å²) < 4.78 is 79.4. The van der Waals surface area contributed by atoms with E-state index in [4.69, 9.17) is 0 Å². The molecule has 1 aromatic heterocycles. The van der Waals surface area contributed by atoms with Crippen molar-refractivity contribution >= 4 is 5.91 Å². The van der Waals surface area contributed by atoms with Crippen LogP contribution in [0.4, 0.5) is 26.3 Å². The van der Waals surface area contributed by atoms with Crippen LogP contribution >= 0.6 is 0 Å². The first kappa shape index (κ1) is 20.4. The summed E-state index contributed by atoms with van der Waals surface area (Å²) in [6.07, 6.45) is -9.02. The number of aromatic nitrogens is 3. The largest absolute Gasteiger partial charge is 0.451 e. The second-order valence-corrected chi connectivity index (χ2v) is 6.60. The number of nitrogens with zero attached hydrogens (tertiary/aromatic N) is 4. The summed E-state index contributed by atoms with van der Waals surface area (Å²) in [5.74, 6) is -3.81. The van der Waals surface area contributed by atoms with Crippen LogP contribution in [0.15, 0.2) is 23.3 Å². The van der Waals surface area contributed by atoms with Gasteiger partial charge in [-0.1, -0.05) is 0 Å². The number of amides is 1. The lowest BCUT2D eigenvalue weighted by Crippen LogP contribution is -2.40. The van der Waals surface area contributed by atoms with Gasteiger partial charge in [0, 0.05) is 25.9 Å². The maximum atomic E-state index is 13.7. The Bertz CT molecular complexity index is 832. The van der Waals surface area contributed by atoms with E-state index in [0.29, 0.717) is 6.08 Å². The number of alkyl halides is 4. The van der Waals surface area contributed by atoms with Crippen molar-refractivity contribution in [3.8, 4) is 0 Å². The molecule has 0 bridgehead atoms. The van der Waals surface area contributed by atoms with Gasteiger partial charge in [-0.05, 0) is 11.6 Å². The number of rotatable bonds is 4. The van der Waals surface area contributed by atoms with Gasteiger partial charge in [-0.3, -0.25) is 4.79 Å². The van der Waals surface area contributed by atoms with E-state index in [2.05, 4.69) is 10.2 Å². The normalized spacial score (nSPS) is 21.5. The number of carbonyl (C=O) groups is 1. The highest BCUT2D eigenvalue weighted by Gasteiger charge is 2.40. The SMILES string of the molecule is O=C(C[C@H](O)CC1=C(F)CC(F)C(F)=C1)N1CCn2c(nnc2C(F)(F)F)C1. The Morgan fingerprint density at radius 2 is 2.00 bits per heavy atom. The van der Waals surface area contributed by atoms with E-state index in [1.807, 2.05) is 0 Å². The number of aliphatic hydroxyl groups is 1. The summed E-state index contributed by atoms with van der Waals surface area (Å²) in [6, 6.07) is 0. The predicted octanol–water partition coefficient (Wildman–Crippen LogP) is 2.60. The lowest BCUT2D eigenvalue weighted by molar-refractivity contribution is -0.148. The molecule has 2 aliphatic rings. The molecule has 0 saturated carbocycles. The van der Waals surface area contributed by atoms with Gasteiger partial charge >= 0.3 is 6.18 Å². The Kier molecular flexibility index (Phi) is 5.50. The minimum absolute atomic E-state index is 0.0403. The molecule has 0 fully saturated rings. The monoisotopic (exact) mass is 410 g/mol. The smallest absolute Gasteiger partial charge is 0.392 e. The first-order valence-electron chi connectivity index (χ1n) is 8.40. The molecule has 2 heterocycles. The van der Waals surface area contributed by atoms with E-state index in [0.717, 1.165) is 4.57 Å². The number of allylic oxidation sites excluding steroid dienone is 3. The van der Waals surface area contributed by atoms with E-state index in [1.165, 1.54) is 4.90 Å². The molecule has 6 nitrogen and oxygen atoms in total. The third-order valence-corrected chi connectivity index (χ3v) is 4.54. The highest BCUT2D eigenvalue weighted by atomic mass is 19.4. The standard InChI is InChI=1S/C16H16F6N4O2/c17-10-6-12(19)11(18)4-8(10)3-9(27)5-14(28)25-1-2-26-13(7-25)23-24-15(26)16(20,21)22/h4,9,12,27H,1-3,5-7H2/t9-,12?/m1/s1. The van der Waals surface area contributed by atoms with Gasteiger partial charge in [0.2, 0.25) is 11.7 Å². The number of aliphatic hydroxyl groups excluding tert-OH is 1. The molecule has 12 heteroatoms. The number of fused-ring (bicyclic) bond motifs is 1. The zero-order valence-electron chi connectivity index (χ0n) is 14.4. The fraction of sp³-hybridized carbons (Fsp3) is 0.562. The van der Waals surface area contributed by atoms with E-state index in [-0.39, 0.29) is 37.5 Å². The molecule has 3 rings (SSSR count). The molecule has 0 saturated heterocycles. The Labute approximate surface area is 155 Å². The van der Waals surface area contributed by atoms with Crippen molar-refractivity contribution in [3.05, 3.63) is 35.0 Å². The van der Waals surface area contributed by atoms with Crippen molar-refractivity contribution in [2.75, 3.05) is 6.54 Å². The molecular weight excluding hydrogens is 394 g/mol. The van der Waals surface area contributed by atoms with Crippen LogP contribution in [-0.4, -0.2) is 49.5 Å². The molecule has 28 heavy (non-hydrogen) atoms. The first-order chi connectivity index (χ1) is 13.1. The van der Waals surface area contributed by atoms with Crippen LogP contribution in [-0.2, 0) is 24.1 Å². The maximum absolute atomic E-state index is 13.7. The summed E-state index contributed by atoms with van der Waals surface area (Å²) in [5, 5.41) is 16.6. The van der Waals surface area contributed by atoms with Crippen molar-refractivity contribution in [1.29, 1.82) is 0 Å². The van der Waals surface area contributed by atoms with Crippen LogP contribution in [0.5, 0.6) is 0 Å². The van der Waals surface area contributed by atoms with Crippen LogP contribution in [0.1, 0.15) is 30.9 Å². The third kappa shape index (κ3) is 4.21. The molecule has 2 atom stereocenters. The fourth-order valence-electron chi connectivity index (χ4n) is 3.13. The lowest BCUT2D eigenvalue weighted by Gasteiger charge is -2.29. The van der Waals surface area contributed by atoms with Gasteiger partial charge in [-0.15, -0.1) is 10.2 Å². The molecule has 154 valence electrons. The maximum Gasteiger partial charge on any atom is 0.451 e. The average molecular weight is 410 g/mol. The Morgan fingerprint density at radius 3 is 2.68 bits per heavy atom. The molecule has 1 N–H and O–H groups in total. The zero-order chi connectivity index (χ0) is 20.6. The van der Waals surface area contributed by atoms with Crippen molar-refractivity contribution in [2.24, 2.45) is 0 Å². The van der Waals surface area contributed by atoms with Crippen molar-refractivity contribution in [1.82, 2.24) is 19.7 Å². The van der Waals surface area contributed by atoms with Gasteiger partial charge in [0.15, 0.2) is 12.0 Å². The van der Waals surface area contributed by atoms with Crippen LogP contribution in [0.2, 0.25) is 0 Å². The zero-order valence-corrected chi connectivity index (χ0v) is 14.4. The van der Waals surface area contributed by atoms with Crippen LogP contribution in [0.25, 0.3) is 0 Å². The fourth-order valence-corrected chi connectivity index (χ4v) is 3.13. The molecule has 0 radical (unpaired) electrons. The van der Waals surface area contributed by atoms with Crippen molar-refractivity contribution in [3.63, 3.8) is 0 Å². The van der Waals surface area contributed by atoms with E-state index < -0.39 is 54.7 Å². The Hall–Kier alpha value is -2.37. The molecule has 1 unspecified atom stereocenters. The molecule has 1 aliphatic heterocycles. The first-order valence-corrected chi connectivity index (χ1v) is 8.40. The molecule has 0 spiro atoms. The summed E-state index contributed by atoms with van der Waals surface area (Å²) in [4.78, 5) is 13.5. The van der Waals surface area contributed by atoms with E-state index >= 15 is 0 Å². The number of hydrogen-bond acceptors (Lipinski definition) is 4. The Morgan fingerprint density at radius 1 is 1.29 bits per heavy atom. The van der Waals surface area contributed by atoms with Gasteiger partial charge in [0.05, 0.1) is 19.1 Å². The number of halogens is 6. The molecule has 1 aromatic rings. The molecule has 0 aromatic carbocycles. The highest BCUT2D eigenvalue weighted by molar-refractivity contribution is 5.76. The van der Waals surface area contributed by atoms with Gasteiger partial charge in [-0.2, -0.15) is 13.2 Å². The van der Waals surface area contributed by atoms with Crippen molar-refractivity contribution in [2.45, 2.75) is 50.8 Å². The molecular formula is C16H16F6N4O2. The van der Waals surface area contributed by atoms with Crippen LogP contribution in [0.3, 0.4) is 0 Å². The molecule has 1 amide bonds. The van der Waals surface area contributed by atoms with Crippen LogP contribution < -0.4 is 0 Å². The van der Waals surface area contributed by atoms with Crippen molar-refractivity contribution < 1.29 is 36.2 Å². The quantitative estimate of drug-likeness (QED) is 0.775. The van der Waals surface area contributed by atoms with E-state index in [9.17, 15) is 36.2 Å². The lowest BCUT2D eigenvalue weighted by atomic mass is 9.97. The summed E-state index contributed by atoms with van der Waals surface area (Å²) in [5.41, 5.74) is -0.222. The second kappa shape index (κ2) is 7.57. The van der Waals surface area contributed by atoms with E-state index in [1.54, 1.807) is 0 Å². The number of carbonyl (C=O) groups excluding carboxylic acids is 1. The summed E-state index contributed by atoms with van der Waals surface area (Å²) in [7, 11) is 0. The highest BCUT2D eigenvalue weighted by Crippen LogP contribution is 2.32. The summed E-state index contributed by atoms with van der Waals surface area (Å²) >= 11 is 0. The van der Waals surface area contributed by atoms with Gasteiger partial charge in [-0.25, -0.2) is 13.2 Å². The minimum Gasteiger partial charge on any atom is -0.392 e. The van der Waals surface area contributed by atoms with Gasteiger partial charge < -0.3 is 14.6 Å². The Balaban J connectivity index is 1.60. The second-order valence-electron chi connectivity index (χ2n) is 6.60. The number of hydrogen-bond donors (Lipinski definition) is 1. The summed E-state index contributed by atoms with van der Waals surface area (Å²) in [6.45, 7) is -0.427.